The fourth-order valence-electron chi connectivity index (χ4n) is 4.34. The van der Waals surface area contributed by atoms with Crippen LogP contribution >= 0.6 is 23.2 Å². The molecule has 0 saturated heterocycles. The quantitative estimate of drug-likeness (QED) is 0.282. The van der Waals surface area contributed by atoms with E-state index in [1.807, 2.05) is 44.2 Å². The number of benzene rings is 3. The van der Waals surface area contributed by atoms with Crippen LogP contribution in [0.3, 0.4) is 0 Å². The number of carbonyl (C=O) groups excluding carboxylic acids is 2. The number of nitrogens with one attached hydrogen (secondary N) is 1. The van der Waals surface area contributed by atoms with Crippen LogP contribution in [0, 0.1) is 6.92 Å². The summed E-state index contributed by atoms with van der Waals surface area (Å²) in [6, 6.07) is 18.3. The van der Waals surface area contributed by atoms with Gasteiger partial charge in [-0.1, -0.05) is 72.6 Å². The van der Waals surface area contributed by atoms with E-state index in [9.17, 15) is 18.0 Å². The zero-order chi connectivity index (χ0) is 30.2. The Kier molecular flexibility index (Phi) is 11.5. The molecule has 1 N–H and O–H groups in total. The Morgan fingerprint density at radius 2 is 1.73 bits per heavy atom. The van der Waals surface area contributed by atoms with Gasteiger partial charge in [-0.2, -0.15) is 0 Å². The Balaban J connectivity index is 2.11. The van der Waals surface area contributed by atoms with Gasteiger partial charge in [0.05, 0.1) is 19.1 Å². The number of carbonyl (C=O) groups is 2. The third-order valence-corrected chi connectivity index (χ3v) is 8.17. The standard InChI is InChI=1S/C30H35Cl2N3O5S/c1-5-15-33-30(37)27(17-22-9-7-6-8-10-22)34(19-23-12-13-24(31)18-25(23)32)29(36)20-35(41(4,38)39)26-16-21(2)11-14-28(26)40-3/h6-14,16,18,27H,5,15,17,19-20H2,1-4H3,(H,33,37)/t27-/m0/s1. The number of methoxy groups -OCH3 is 1. The number of nitrogens with zero attached hydrogens (tertiary/aromatic N) is 2. The third kappa shape index (κ3) is 8.86. The van der Waals surface area contributed by atoms with Gasteiger partial charge in [-0.05, 0) is 54.3 Å². The first kappa shape index (κ1) is 32.2. The lowest BCUT2D eigenvalue weighted by Gasteiger charge is -2.34. The Morgan fingerprint density at radius 1 is 1.02 bits per heavy atom. The number of halogens is 2. The summed E-state index contributed by atoms with van der Waals surface area (Å²) in [6.07, 6.45) is 1.94. The highest BCUT2D eigenvalue weighted by molar-refractivity contribution is 7.92. The molecule has 41 heavy (non-hydrogen) atoms. The van der Waals surface area contributed by atoms with E-state index in [-0.39, 0.29) is 24.6 Å². The lowest BCUT2D eigenvalue weighted by Crippen LogP contribution is -2.53. The normalized spacial score (nSPS) is 12.0. The molecule has 1 atom stereocenters. The van der Waals surface area contributed by atoms with Crippen LogP contribution < -0.4 is 14.4 Å². The molecule has 0 aliphatic carbocycles. The molecule has 2 amide bonds. The maximum absolute atomic E-state index is 14.2. The SMILES string of the molecule is CCCNC(=O)[C@H](Cc1ccccc1)N(Cc1ccc(Cl)cc1Cl)C(=O)CN(c1cc(C)ccc1OC)S(C)(=O)=O. The lowest BCUT2D eigenvalue weighted by atomic mass is 10.0. The molecule has 0 unspecified atom stereocenters. The highest BCUT2D eigenvalue weighted by Gasteiger charge is 2.34. The van der Waals surface area contributed by atoms with E-state index in [0.717, 1.165) is 21.7 Å². The number of ether oxygens (including phenoxy) is 1. The molecule has 0 radical (unpaired) electrons. The largest absolute Gasteiger partial charge is 0.495 e. The van der Waals surface area contributed by atoms with E-state index in [4.69, 9.17) is 27.9 Å². The molecule has 0 aliphatic heterocycles. The Bertz CT molecular complexity index is 1470. The lowest BCUT2D eigenvalue weighted by molar-refractivity contribution is -0.140. The number of hydrogen-bond acceptors (Lipinski definition) is 5. The maximum Gasteiger partial charge on any atom is 0.244 e. The highest BCUT2D eigenvalue weighted by atomic mass is 35.5. The second-order valence-electron chi connectivity index (χ2n) is 9.70. The topological polar surface area (TPSA) is 96.0 Å². The monoisotopic (exact) mass is 619 g/mol. The van der Waals surface area contributed by atoms with Crippen molar-refractivity contribution < 1.29 is 22.7 Å². The van der Waals surface area contributed by atoms with Crippen LogP contribution in [0.15, 0.2) is 66.7 Å². The average molecular weight is 621 g/mol. The second-order valence-corrected chi connectivity index (χ2v) is 12.4. The molecule has 3 aromatic rings. The van der Waals surface area contributed by atoms with Crippen molar-refractivity contribution >= 4 is 50.7 Å². The Labute approximate surface area is 252 Å². The van der Waals surface area contributed by atoms with E-state index in [2.05, 4.69) is 5.32 Å². The van der Waals surface area contributed by atoms with Crippen LogP contribution in [0.1, 0.15) is 30.0 Å². The number of sulfonamides is 1. The molecule has 0 saturated carbocycles. The number of hydrogen-bond donors (Lipinski definition) is 1. The van der Waals surface area contributed by atoms with Gasteiger partial charge in [0.2, 0.25) is 21.8 Å². The highest BCUT2D eigenvalue weighted by Crippen LogP contribution is 2.31. The van der Waals surface area contributed by atoms with Gasteiger partial charge in [-0.15, -0.1) is 0 Å². The van der Waals surface area contributed by atoms with Gasteiger partial charge >= 0.3 is 0 Å². The minimum atomic E-state index is -3.94. The van der Waals surface area contributed by atoms with Crippen molar-refractivity contribution in [3.63, 3.8) is 0 Å². The summed E-state index contributed by atoms with van der Waals surface area (Å²) in [4.78, 5) is 29.1. The number of rotatable bonds is 13. The minimum absolute atomic E-state index is 0.0472. The minimum Gasteiger partial charge on any atom is -0.495 e. The molecular weight excluding hydrogens is 585 g/mol. The average Bonchev–Trinajstić information content (AvgIpc) is 2.93. The Hall–Kier alpha value is -3.27. The van der Waals surface area contributed by atoms with Crippen molar-refractivity contribution in [2.75, 3.05) is 30.8 Å². The molecule has 3 aromatic carbocycles. The summed E-state index contributed by atoms with van der Waals surface area (Å²) >= 11 is 12.6. The predicted molar refractivity (Wildman–Crippen MR) is 164 cm³/mol. The number of amides is 2. The molecule has 0 aromatic heterocycles. The Morgan fingerprint density at radius 3 is 2.34 bits per heavy atom. The van der Waals surface area contributed by atoms with Gasteiger partial charge in [-0.3, -0.25) is 13.9 Å². The van der Waals surface area contributed by atoms with Crippen molar-refractivity contribution in [1.29, 1.82) is 0 Å². The van der Waals surface area contributed by atoms with Crippen molar-refractivity contribution in [3.05, 3.63) is 93.5 Å². The van der Waals surface area contributed by atoms with E-state index in [1.165, 1.54) is 12.0 Å². The van der Waals surface area contributed by atoms with Crippen LogP contribution in [0.25, 0.3) is 0 Å². The van der Waals surface area contributed by atoms with Crippen molar-refractivity contribution in [1.82, 2.24) is 10.2 Å². The smallest absolute Gasteiger partial charge is 0.244 e. The van der Waals surface area contributed by atoms with Gasteiger partial charge < -0.3 is 15.0 Å². The van der Waals surface area contributed by atoms with Gasteiger partial charge in [0.25, 0.3) is 0 Å². The fourth-order valence-corrected chi connectivity index (χ4v) is 5.66. The molecule has 8 nitrogen and oxygen atoms in total. The maximum atomic E-state index is 14.2. The summed E-state index contributed by atoms with van der Waals surface area (Å²) in [5, 5.41) is 3.65. The summed E-state index contributed by atoms with van der Waals surface area (Å²) in [6.45, 7) is 3.56. The molecule has 3 rings (SSSR count). The predicted octanol–water partition coefficient (Wildman–Crippen LogP) is 5.24. The summed E-state index contributed by atoms with van der Waals surface area (Å²) in [7, 11) is -2.51. The molecule has 0 fully saturated rings. The molecule has 220 valence electrons. The molecule has 0 spiro atoms. The van der Waals surface area contributed by atoms with Crippen LogP contribution in [0.4, 0.5) is 5.69 Å². The van der Waals surface area contributed by atoms with Gasteiger partial charge in [-0.25, -0.2) is 8.42 Å². The van der Waals surface area contributed by atoms with Crippen LogP contribution in [0.5, 0.6) is 5.75 Å². The number of aryl methyl sites for hydroxylation is 1. The first-order valence-corrected chi connectivity index (χ1v) is 15.7. The fraction of sp³-hybridized carbons (Fsp3) is 0.333. The summed E-state index contributed by atoms with van der Waals surface area (Å²) in [5.41, 5.74) is 2.41. The van der Waals surface area contributed by atoms with Crippen molar-refractivity contribution in [2.45, 2.75) is 39.3 Å². The van der Waals surface area contributed by atoms with Gasteiger partial charge in [0.1, 0.15) is 18.3 Å². The van der Waals surface area contributed by atoms with E-state index in [1.54, 1.807) is 36.4 Å². The molecule has 0 heterocycles. The zero-order valence-electron chi connectivity index (χ0n) is 23.6. The number of anilines is 1. The molecule has 0 bridgehead atoms. The van der Waals surface area contributed by atoms with Gasteiger partial charge in [0.15, 0.2) is 0 Å². The summed E-state index contributed by atoms with van der Waals surface area (Å²) in [5.74, 6) is -0.645. The molecule has 0 aliphatic rings. The zero-order valence-corrected chi connectivity index (χ0v) is 25.9. The van der Waals surface area contributed by atoms with Crippen LogP contribution in [0.2, 0.25) is 10.0 Å². The van der Waals surface area contributed by atoms with E-state index < -0.39 is 28.5 Å². The third-order valence-electron chi connectivity index (χ3n) is 6.46. The van der Waals surface area contributed by atoms with E-state index in [0.29, 0.717) is 34.3 Å². The summed E-state index contributed by atoms with van der Waals surface area (Å²) < 4.78 is 32.5. The first-order valence-electron chi connectivity index (χ1n) is 13.1. The molecular formula is C30H35Cl2N3O5S. The van der Waals surface area contributed by atoms with Crippen LogP contribution in [-0.2, 0) is 32.6 Å². The van der Waals surface area contributed by atoms with Crippen LogP contribution in [-0.4, -0.2) is 57.6 Å². The second kappa shape index (κ2) is 14.6. The van der Waals surface area contributed by atoms with E-state index >= 15 is 0 Å². The van der Waals surface area contributed by atoms with Gasteiger partial charge in [0, 0.05) is 29.6 Å². The van der Waals surface area contributed by atoms with Crippen molar-refractivity contribution in [3.8, 4) is 5.75 Å². The first-order chi connectivity index (χ1) is 19.4. The van der Waals surface area contributed by atoms with Crippen molar-refractivity contribution in [2.24, 2.45) is 0 Å². The molecule has 11 heteroatoms.